The summed E-state index contributed by atoms with van der Waals surface area (Å²) in [4.78, 5) is 40.2. The zero-order valence-corrected chi connectivity index (χ0v) is 23.3. The molecule has 2 aliphatic carbocycles. The molecule has 0 spiro atoms. The van der Waals surface area contributed by atoms with Crippen LogP contribution in [-0.2, 0) is 4.74 Å². The summed E-state index contributed by atoms with van der Waals surface area (Å²) in [7, 11) is 3.32. The van der Waals surface area contributed by atoms with E-state index in [1.807, 2.05) is 31.6 Å². The molecule has 2 fully saturated rings. The van der Waals surface area contributed by atoms with Gasteiger partial charge in [-0.2, -0.15) is 5.10 Å². The van der Waals surface area contributed by atoms with Gasteiger partial charge in [0.2, 0.25) is 0 Å². The van der Waals surface area contributed by atoms with Gasteiger partial charge in [-0.3, -0.25) is 14.3 Å². The van der Waals surface area contributed by atoms with E-state index in [9.17, 15) is 14.4 Å². The Balaban J connectivity index is 1.30. The Labute approximate surface area is 227 Å². The van der Waals surface area contributed by atoms with Crippen LogP contribution in [0.4, 0.5) is 10.5 Å². The second kappa shape index (κ2) is 10.4. The van der Waals surface area contributed by atoms with Crippen molar-refractivity contribution < 1.29 is 19.1 Å². The average molecular weight is 536 g/mol. The van der Waals surface area contributed by atoms with Crippen molar-refractivity contribution in [1.82, 2.24) is 19.2 Å². The fraction of sp³-hybridized carbons (Fsp3) is 0.517. The molecule has 2 aromatic heterocycles. The van der Waals surface area contributed by atoms with E-state index < -0.39 is 11.5 Å². The smallest absolute Gasteiger partial charge is 0.410 e. The number of pyridine rings is 1. The highest BCUT2D eigenvalue weighted by Gasteiger charge is 2.30. The molecule has 208 valence electrons. The van der Waals surface area contributed by atoms with Gasteiger partial charge >= 0.3 is 6.09 Å². The van der Waals surface area contributed by atoms with Crippen molar-refractivity contribution in [2.24, 2.45) is 0 Å². The molecular weight excluding hydrogens is 498 g/mol. The molecule has 10 heteroatoms. The van der Waals surface area contributed by atoms with Gasteiger partial charge in [-0.25, -0.2) is 4.79 Å². The van der Waals surface area contributed by atoms with E-state index in [4.69, 9.17) is 14.6 Å². The Morgan fingerprint density at radius 3 is 2.41 bits per heavy atom. The molecule has 0 radical (unpaired) electrons. The molecule has 2 amide bonds. The van der Waals surface area contributed by atoms with E-state index in [2.05, 4.69) is 5.32 Å². The van der Waals surface area contributed by atoms with Crippen molar-refractivity contribution in [3.63, 3.8) is 0 Å². The van der Waals surface area contributed by atoms with Crippen molar-refractivity contribution in [1.29, 1.82) is 0 Å². The quantitative estimate of drug-likeness (QED) is 0.468. The van der Waals surface area contributed by atoms with Crippen LogP contribution >= 0.6 is 0 Å². The lowest BCUT2D eigenvalue weighted by molar-refractivity contribution is 0.0173. The fourth-order valence-corrected chi connectivity index (χ4v) is 5.23. The Kier molecular flexibility index (Phi) is 7.13. The molecule has 10 nitrogen and oxygen atoms in total. The molecular formula is C29H37N5O5. The third-order valence-corrected chi connectivity index (χ3v) is 7.52. The van der Waals surface area contributed by atoms with Gasteiger partial charge in [0, 0.05) is 43.0 Å². The second-order valence-electron chi connectivity index (χ2n) is 11.6. The van der Waals surface area contributed by atoms with Crippen molar-refractivity contribution in [3.8, 4) is 5.75 Å². The number of fused-ring (bicyclic) bond motifs is 1. The van der Waals surface area contributed by atoms with Crippen molar-refractivity contribution in [2.45, 2.75) is 83.0 Å². The SMILES string of the molecule is COc1cc2nn([C@H]3CC[C@H](N(C)C(=O)OC(C)(C)C)CC3)cc2cc1C(=O)Nc1cccn(C2CC2)c1=O. The third-order valence-electron chi connectivity index (χ3n) is 7.52. The highest BCUT2D eigenvalue weighted by Crippen LogP contribution is 2.34. The second-order valence-corrected chi connectivity index (χ2v) is 11.6. The molecule has 1 aromatic carbocycles. The number of aromatic nitrogens is 3. The van der Waals surface area contributed by atoms with E-state index in [1.54, 1.807) is 47.0 Å². The number of anilines is 1. The molecule has 5 rings (SSSR count). The summed E-state index contributed by atoms with van der Waals surface area (Å²) in [5, 5.41) is 8.37. The minimum absolute atomic E-state index is 0.124. The van der Waals surface area contributed by atoms with E-state index in [0.717, 1.165) is 49.4 Å². The van der Waals surface area contributed by atoms with Crippen molar-refractivity contribution in [2.75, 3.05) is 19.5 Å². The predicted octanol–water partition coefficient (Wildman–Crippen LogP) is 5.14. The number of rotatable bonds is 6. The first-order chi connectivity index (χ1) is 18.5. The molecule has 0 unspecified atom stereocenters. The summed E-state index contributed by atoms with van der Waals surface area (Å²) < 4.78 is 14.7. The standard InChI is InChI=1S/C29H37N5O5/c1-29(2,3)39-28(37)32(4)19-8-12-21(13-9-19)34-17-18-15-22(25(38-5)16-24(18)31-34)26(35)30-23-7-6-14-33(27(23)36)20-10-11-20/h6-7,14-17,19-21H,8-13H2,1-5H3,(H,30,35)/t19-,21-. The molecule has 0 aliphatic heterocycles. The van der Waals surface area contributed by atoms with E-state index in [-0.39, 0.29) is 35.5 Å². The van der Waals surface area contributed by atoms with Crippen LogP contribution in [0.5, 0.6) is 5.75 Å². The maximum atomic E-state index is 13.2. The number of hydrogen-bond donors (Lipinski definition) is 1. The summed E-state index contributed by atoms with van der Waals surface area (Å²) in [6.45, 7) is 5.61. The van der Waals surface area contributed by atoms with Gasteiger partial charge in [0.1, 0.15) is 17.0 Å². The monoisotopic (exact) mass is 535 g/mol. The molecule has 2 saturated carbocycles. The maximum absolute atomic E-state index is 13.2. The number of ether oxygens (including phenoxy) is 2. The highest BCUT2D eigenvalue weighted by molar-refractivity contribution is 6.08. The number of amides is 2. The van der Waals surface area contributed by atoms with Crippen LogP contribution in [0, 0.1) is 0 Å². The van der Waals surface area contributed by atoms with Gasteiger partial charge in [0.25, 0.3) is 11.5 Å². The zero-order valence-electron chi connectivity index (χ0n) is 23.3. The first kappa shape index (κ1) is 26.8. The average Bonchev–Trinajstić information content (AvgIpc) is 3.66. The van der Waals surface area contributed by atoms with E-state index >= 15 is 0 Å². The number of carbonyl (C=O) groups is 2. The Morgan fingerprint density at radius 1 is 1.08 bits per heavy atom. The molecule has 3 aromatic rings. The van der Waals surface area contributed by atoms with Crippen LogP contribution in [-0.4, -0.2) is 57.0 Å². The number of carbonyl (C=O) groups excluding carboxylic acids is 2. The summed E-state index contributed by atoms with van der Waals surface area (Å²) in [5.41, 5.74) is 0.598. The van der Waals surface area contributed by atoms with Crippen LogP contribution in [0.1, 0.15) is 81.7 Å². The van der Waals surface area contributed by atoms with Crippen LogP contribution < -0.4 is 15.6 Å². The molecule has 1 N–H and O–H groups in total. The van der Waals surface area contributed by atoms with Crippen LogP contribution in [0.2, 0.25) is 0 Å². The number of nitrogens with one attached hydrogen (secondary N) is 1. The first-order valence-corrected chi connectivity index (χ1v) is 13.6. The topological polar surface area (TPSA) is 108 Å². The summed E-state index contributed by atoms with van der Waals surface area (Å²) in [5.74, 6) is -0.00997. The zero-order chi connectivity index (χ0) is 27.9. The van der Waals surface area contributed by atoms with Crippen molar-refractivity contribution >= 4 is 28.6 Å². The lowest BCUT2D eigenvalue weighted by atomic mass is 9.90. The highest BCUT2D eigenvalue weighted by atomic mass is 16.6. The van der Waals surface area contributed by atoms with Gasteiger partial charge in [-0.15, -0.1) is 0 Å². The van der Waals surface area contributed by atoms with E-state index in [1.165, 1.54) is 7.11 Å². The number of benzene rings is 1. The minimum Gasteiger partial charge on any atom is -0.496 e. The van der Waals surface area contributed by atoms with Gasteiger partial charge in [-0.05, 0) is 77.5 Å². The normalized spacial score (nSPS) is 19.5. The van der Waals surface area contributed by atoms with Gasteiger partial charge in [-0.1, -0.05) is 0 Å². The molecule has 0 saturated heterocycles. The summed E-state index contributed by atoms with van der Waals surface area (Å²) in [6.07, 6.45) is 8.83. The van der Waals surface area contributed by atoms with Gasteiger partial charge < -0.3 is 24.3 Å². The Morgan fingerprint density at radius 2 is 1.77 bits per heavy atom. The minimum atomic E-state index is -0.522. The molecule has 2 aliphatic rings. The van der Waals surface area contributed by atoms with Gasteiger partial charge in [0.15, 0.2) is 0 Å². The summed E-state index contributed by atoms with van der Waals surface area (Å²) >= 11 is 0. The van der Waals surface area contributed by atoms with Crippen LogP contribution in [0.15, 0.2) is 41.5 Å². The lowest BCUT2D eigenvalue weighted by Gasteiger charge is -2.35. The molecule has 2 heterocycles. The number of nitrogens with zero attached hydrogens (tertiary/aromatic N) is 4. The molecule has 0 atom stereocenters. The molecule has 0 bridgehead atoms. The Bertz CT molecular complexity index is 1440. The predicted molar refractivity (Wildman–Crippen MR) is 149 cm³/mol. The lowest BCUT2D eigenvalue weighted by Crippen LogP contribution is -2.42. The number of methoxy groups -OCH3 is 1. The third kappa shape index (κ3) is 5.79. The fourth-order valence-electron chi connectivity index (χ4n) is 5.23. The molecule has 39 heavy (non-hydrogen) atoms. The Hall–Kier alpha value is -3.82. The first-order valence-electron chi connectivity index (χ1n) is 13.6. The summed E-state index contributed by atoms with van der Waals surface area (Å²) in [6, 6.07) is 7.46. The van der Waals surface area contributed by atoms with E-state index in [0.29, 0.717) is 11.3 Å². The number of hydrogen-bond acceptors (Lipinski definition) is 6. The van der Waals surface area contributed by atoms with Crippen LogP contribution in [0.25, 0.3) is 10.9 Å². The largest absolute Gasteiger partial charge is 0.496 e. The maximum Gasteiger partial charge on any atom is 0.410 e. The van der Waals surface area contributed by atoms with Crippen LogP contribution in [0.3, 0.4) is 0 Å². The van der Waals surface area contributed by atoms with Gasteiger partial charge in [0.05, 0.1) is 24.2 Å². The van der Waals surface area contributed by atoms with Crippen molar-refractivity contribution in [3.05, 3.63) is 52.6 Å².